The summed E-state index contributed by atoms with van der Waals surface area (Å²) in [6.07, 6.45) is -1.88. The fourth-order valence-electron chi connectivity index (χ4n) is 1.92. The lowest BCUT2D eigenvalue weighted by molar-refractivity contribution is -0.143. The van der Waals surface area contributed by atoms with E-state index in [2.05, 4.69) is 5.32 Å². The number of carbonyl (C=O) groups excluding carboxylic acids is 4. The van der Waals surface area contributed by atoms with Crippen molar-refractivity contribution < 1.29 is 39.0 Å². The minimum atomic E-state index is -1.55. The molecule has 0 spiro atoms. The van der Waals surface area contributed by atoms with Crippen LogP contribution in [0.4, 0.5) is 0 Å². The molecule has 0 bridgehead atoms. The maximum Gasteiger partial charge on any atom is 0.326 e. The molecule has 0 radical (unpaired) electrons. The zero-order chi connectivity index (χ0) is 21.1. The van der Waals surface area contributed by atoms with Gasteiger partial charge in [-0.2, -0.15) is 0 Å². The normalized spacial score (nSPS) is 13.7. The molecule has 0 rings (SSSR count). The molecule has 3 unspecified atom stereocenters. The zero-order valence-corrected chi connectivity index (χ0v) is 14.3. The minimum Gasteiger partial charge on any atom is -0.481 e. The highest BCUT2D eigenvalue weighted by Crippen LogP contribution is 2.02. The summed E-state index contributed by atoms with van der Waals surface area (Å²) in [5.41, 5.74) is 15.5. The number of hydrogen-bond acceptors (Lipinski definition) is 7. The topological polar surface area (TPSA) is 245 Å². The van der Waals surface area contributed by atoms with E-state index in [4.69, 9.17) is 27.4 Å². The molecule has 4 amide bonds. The lowest BCUT2D eigenvalue weighted by Gasteiger charge is -2.21. The Balaban J connectivity index is 5.03. The van der Waals surface area contributed by atoms with Crippen LogP contribution in [0.3, 0.4) is 0 Å². The third-order valence-electron chi connectivity index (χ3n) is 3.34. The maximum atomic E-state index is 12.2. The van der Waals surface area contributed by atoms with E-state index in [9.17, 15) is 28.8 Å². The first-order valence-electron chi connectivity index (χ1n) is 7.81. The van der Waals surface area contributed by atoms with Crippen LogP contribution in [0.15, 0.2) is 0 Å². The van der Waals surface area contributed by atoms with Crippen LogP contribution in [-0.4, -0.2) is 63.9 Å². The highest BCUT2D eigenvalue weighted by Gasteiger charge is 2.29. The van der Waals surface area contributed by atoms with Crippen LogP contribution in [0.25, 0.3) is 0 Å². The Morgan fingerprint density at radius 1 is 0.778 bits per heavy atom. The molecule has 13 nitrogen and oxygen atoms in total. The van der Waals surface area contributed by atoms with E-state index in [0.29, 0.717) is 0 Å². The summed E-state index contributed by atoms with van der Waals surface area (Å²) in [6, 6.07) is -4.28. The van der Waals surface area contributed by atoms with E-state index >= 15 is 0 Å². The number of nitrogens with one attached hydrogen (secondary N) is 2. The first kappa shape index (κ1) is 23.8. The molecule has 0 saturated heterocycles. The summed E-state index contributed by atoms with van der Waals surface area (Å²) < 4.78 is 0. The molecule has 27 heavy (non-hydrogen) atoms. The predicted molar refractivity (Wildman–Crippen MR) is 88.6 cm³/mol. The highest BCUT2D eigenvalue weighted by atomic mass is 16.4. The van der Waals surface area contributed by atoms with Gasteiger partial charge in [-0.05, 0) is 12.8 Å². The third-order valence-corrected chi connectivity index (χ3v) is 3.34. The van der Waals surface area contributed by atoms with Crippen molar-refractivity contribution >= 4 is 35.6 Å². The molecule has 0 aromatic rings. The highest BCUT2D eigenvalue weighted by molar-refractivity contribution is 5.94. The zero-order valence-electron chi connectivity index (χ0n) is 14.3. The Bertz CT molecular complexity index is 608. The second kappa shape index (κ2) is 11.4. The van der Waals surface area contributed by atoms with Gasteiger partial charge in [-0.25, -0.2) is 4.79 Å². The lowest BCUT2D eigenvalue weighted by atomic mass is 10.1. The maximum absolute atomic E-state index is 12.2. The van der Waals surface area contributed by atoms with Crippen LogP contribution in [0.1, 0.15) is 32.1 Å². The Kier molecular flexibility index (Phi) is 10.0. The summed E-state index contributed by atoms with van der Waals surface area (Å²) in [5, 5.41) is 21.8. The fourth-order valence-corrected chi connectivity index (χ4v) is 1.92. The molecular formula is C14H23N5O8. The molecule has 10 N–H and O–H groups in total. The second-order valence-corrected chi connectivity index (χ2v) is 5.67. The van der Waals surface area contributed by atoms with Crippen molar-refractivity contribution in [2.45, 2.75) is 50.2 Å². The molecular weight excluding hydrogens is 366 g/mol. The molecule has 0 aliphatic rings. The molecule has 0 fully saturated rings. The van der Waals surface area contributed by atoms with Crippen molar-refractivity contribution in [2.75, 3.05) is 0 Å². The van der Waals surface area contributed by atoms with Crippen molar-refractivity contribution in [1.82, 2.24) is 10.6 Å². The lowest BCUT2D eigenvalue weighted by Crippen LogP contribution is -2.55. The Morgan fingerprint density at radius 3 is 1.78 bits per heavy atom. The standard InChI is InChI=1S/C14H23N5O8/c15-6(1-3-9(16)20)12(24)19-8(5-10(17)21)13(25)18-7(14(26)27)2-4-11(22)23/h6-8H,1-5,15H2,(H2,16,20)(H2,17,21)(H,18,25)(H,19,24)(H,22,23)(H,26,27). The summed E-state index contributed by atoms with van der Waals surface area (Å²) >= 11 is 0. The van der Waals surface area contributed by atoms with E-state index in [1.54, 1.807) is 0 Å². The summed E-state index contributed by atoms with van der Waals surface area (Å²) in [5.74, 6) is -6.34. The van der Waals surface area contributed by atoms with Gasteiger partial charge in [-0.15, -0.1) is 0 Å². The first-order chi connectivity index (χ1) is 12.4. The van der Waals surface area contributed by atoms with Gasteiger partial charge in [0.05, 0.1) is 12.5 Å². The number of carbonyl (C=O) groups is 6. The largest absolute Gasteiger partial charge is 0.481 e. The molecule has 0 aromatic carbocycles. The van der Waals surface area contributed by atoms with Crippen LogP contribution in [0.2, 0.25) is 0 Å². The van der Waals surface area contributed by atoms with E-state index in [1.807, 2.05) is 5.32 Å². The van der Waals surface area contributed by atoms with Crippen LogP contribution >= 0.6 is 0 Å². The Hall–Kier alpha value is -3.22. The number of amides is 4. The minimum absolute atomic E-state index is 0.109. The van der Waals surface area contributed by atoms with Gasteiger partial charge < -0.3 is 38.0 Å². The number of primary amides is 2. The summed E-state index contributed by atoms with van der Waals surface area (Å²) in [6.45, 7) is 0. The summed E-state index contributed by atoms with van der Waals surface area (Å²) in [4.78, 5) is 67.7. The number of nitrogens with two attached hydrogens (primary N) is 3. The second-order valence-electron chi connectivity index (χ2n) is 5.67. The Morgan fingerprint density at radius 2 is 1.33 bits per heavy atom. The van der Waals surface area contributed by atoms with Crippen molar-refractivity contribution in [3.63, 3.8) is 0 Å². The van der Waals surface area contributed by atoms with Gasteiger partial charge in [0.1, 0.15) is 12.1 Å². The first-order valence-corrected chi connectivity index (χ1v) is 7.81. The van der Waals surface area contributed by atoms with Crippen LogP contribution in [-0.2, 0) is 28.8 Å². The van der Waals surface area contributed by atoms with E-state index in [0.717, 1.165) is 0 Å². The average molecular weight is 389 g/mol. The average Bonchev–Trinajstić information content (AvgIpc) is 2.54. The molecule has 0 aliphatic carbocycles. The molecule has 0 aromatic heterocycles. The van der Waals surface area contributed by atoms with E-state index in [-0.39, 0.29) is 12.8 Å². The fraction of sp³-hybridized carbons (Fsp3) is 0.571. The molecule has 13 heteroatoms. The van der Waals surface area contributed by atoms with Gasteiger partial charge in [0.15, 0.2) is 0 Å². The summed E-state index contributed by atoms with van der Waals surface area (Å²) in [7, 11) is 0. The van der Waals surface area contributed by atoms with Crippen molar-refractivity contribution in [3.8, 4) is 0 Å². The quantitative estimate of drug-likeness (QED) is 0.164. The molecule has 0 saturated carbocycles. The van der Waals surface area contributed by atoms with Crippen molar-refractivity contribution in [1.29, 1.82) is 0 Å². The third kappa shape index (κ3) is 10.4. The number of hydrogen-bond donors (Lipinski definition) is 7. The SMILES string of the molecule is NC(=O)CCC(N)C(=O)NC(CC(N)=O)C(=O)NC(CCC(=O)O)C(=O)O. The van der Waals surface area contributed by atoms with Crippen LogP contribution in [0, 0.1) is 0 Å². The van der Waals surface area contributed by atoms with Gasteiger partial charge in [-0.1, -0.05) is 0 Å². The van der Waals surface area contributed by atoms with Crippen molar-refractivity contribution in [2.24, 2.45) is 17.2 Å². The van der Waals surface area contributed by atoms with E-state index < -0.39 is 73.0 Å². The number of carboxylic acid groups (broad SMARTS) is 2. The van der Waals surface area contributed by atoms with Crippen LogP contribution < -0.4 is 27.8 Å². The Labute approximate surface area is 153 Å². The van der Waals surface area contributed by atoms with Crippen LogP contribution in [0.5, 0.6) is 0 Å². The predicted octanol–water partition coefficient (Wildman–Crippen LogP) is -3.63. The smallest absolute Gasteiger partial charge is 0.326 e. The molecule has 3 atom stereocenters. The van der Waals surface area contributed by atoms with Gasteiger partial charge in [0.25, 0.3) is 0 Å². The monoisotopic (exact) mass is 389 g/mol. The van der Waals surface area contributed by atoms with E-state index in [1.165, 1.54) is 0 Å². The van der Waals surface area contributed by atoms with Gasteiger partial charge in [-0.3, -0.25) is 24.0 Å². The van der Waals surface area contributed by atoms with Gasteiger partial charge in [0.2, 0.25) is 23.6 Å². The number of rotatable bonds is 13. The van der Waals surface area contributed by atoms with Crippen molar-refractivity contribution in [3.05, 3.63) is 0 Å². The number of aliphatic carboxylic acids is 2. The molecule has 0 aliphatic heterocycles. The van der Waals surface area contributed by atoms with Gasteiger partial charge in [0, 0.05) is 12.8 Å². The molecule has 152 valence electrons. The number of carboxylic acids is 2. The molecule has 0 heterocycles. The van der Waals surface area contributed by atoms with Gasteiger partial charge >= 0.3 is 11.9 Å².